The van der Waals surface area contributed by atoms with Gasteiger partial charge in [0.05, 0.1) is 6.54 Å². The topological polar surface area (TPSA) is 20.3 Å². The Morgan fingerprint density at radius 2 is 1.85 bits per heavy atom. The van der Waals surface area contributed by atoms with E-state index >= 15 is 0 Å². The number of ketones is 1. The highest BCUT2D eigenvalue weighted by atomic mass is 19.4. The zero-order valence-electron chi connectivity index (χ0n) is 12.9. The summed E-state index contributed by atoms with van der Waals surface area (Å²) in [6.07, 6.45) is -2.10. The van der Waals surface area contributed by atoms with E-state index < -0.39 is 12.7 Å². The average Bonchev–Trinajstić information content (AvgIpc) is 2.27. The minimum absolute atomic E-state index is 0.111. The number of rotatable bonds is 4. The normalized spacial score (nSPS) is 25.3. The largest absolute Gasteiger partial charge is 0.401 e. The van der Waals surface area contributed by atoms with E-state index in [9.17, 15) is 18.0 Å². The van der Waals surface area contributed by atoms with Crippen molar-refractivity contribution in [3.8, 4) is 0 Å². The third-order valence-corrected chi connectivity index (χ3v) is 4.32. The van der Waals surface area contributed by atoms with Gasteiger partial charge in [0.2, 0.25) is 0 Å². The van der Waals surface area contributed by atoms with Gasteiger partial charge in [-0.2, -0.15) is 13.2 Å². The first-order chi connectivity index (χ1) is 9.03. The van der Waals surface area contributed by atoms with Gasteiger partial charge in [0.1, 0.15) is 5.78 Å². The Morgan fingerprint density at radius 3 is 2.30 bits per heavy atom. The summed E-state index contributed by atoms with van der Waals surface area (Å²) in [5.74, 6) is 0.302. The number of Topliss-reactive ketones (excluding diaryl/α,β-unsaturated/α-hetero) is 1. The standard InChI is InChI=1S/C15H26F3NO/c1-5-19(10-15(16,17)18)9-11-8-12(14(2,3)4)6-7-13(11)20/h11-12H,5-10H2,1-4H3. The first-order valence-corrected chi connectivity index (χ1v) is 7.34. The third kappa shape index (κ3) is 5.43. The van der Waals surface area contributed by atoms with Gasteiger partial charge in [0, 0.05) is 18.9 Å². The van der Waals surface area contributed by atoms with E-state index in [1.54, 1.807) is 6.92 Å². The molecule has 0 heterocycles. The van der Waals surface area contributed by atoms with E-state index in [4.69, 9.17) is 0 Å². The van der Waals surface area contributed by atoms with Gasteiger partial charge in [0.25, 0.3) is 0 Å². The van der Waals surface area contributed by atoms with Crippen LogP contribution >= 0.6 is 0 Å². The Morgan fingerprint density at radius 1 is 1.25 bits per heavy atom. The average molecular weight is 293 g/mol. The molecule has 2 atom stereocenters. The fourth-order valence-electron chi connectivity index (χ4n) is 2.95. The van der Waals surface area contributed by atoms with Crippen LogP contribution in [0.25, 0.3) is 0 Å². The lowest BCUT2D eigenvalue weighted by Gasteiger charge is -2.38. The molecule has 2 nitrogen and oxygen atoms in total. The number of halogens is 3. The van der Waals surface area contributed by atoms with Crippen molar-refractivity contribution in [3.05, 3.63) is 0 Å². The summed E-state index contributed by atoms with van der Waals surface area (Å²) < 4.78 is 37.5. The number of hydrogen-bond acceptors (Lipinski definition) is 2. The molecule has 20 heavy (non-hydrogen) atoms. The lowest BCUT2D eigenvalue weighted by atomic mass is 9.68. The van der Waals surface area contributed by atoms with Crippen molar-refractivity contribution in [1.29, 1.82) is 0 Å². The van der Waals surface area contributed by atoms with Gasteiger partial charge >= 0.3 is 6.18 Å². The van der Waals surface area contributed by atoms with E-state index in [1.165, 1.54) is 4.90 Å². The lowest BCUT2D eigenvalue weighted by Crippen LogP contribution is -2.42. The van der Waals surface area contributed by atoms with Crippen LogP contribution in [0.5, 0.6) is 0 Å². The summed E-state index contributed by atoms with van der Waals surface area (Å²) in [6, 6.07) is 0. The second-order valence-electron chi connectivity index (χ2n) is 6.94. The molecule has 1 fully saturated rings. The predicted molar refractivity (Wildman–Crippen MR) is 73.5 cm³/mol. The number of alkyl halides is 3. The van der Waals surface area contributed by atoms with E-state index in [-0.39, 0.29) is 23.7 Å². The first-order valence-electron chi connectivity index (χ1n) is 7.34. The lowest BCUT2D eigenvalue weighted by molar-refractivity contribution is -0.149. The second kappa shape index (κ2) is 6.46. The number of hydrogen-bond donors (Lipinski definition) is 0. The third-order valence-electron chi connectivity index (χ3n) is 4.32. The van der Waals surface area contributed by atoms with Gasteiger partial charge in [-0.1, -0.05) is 27.7 Å². The number of nitrogens with zero attached hydrogens (tertiary/aromatic N) is 1. The molecule has 118 valence electrons. The summed E-state index contributed by atoms with van der Waals surface area (Å²) in [6.45, 7) is 7.76. The van der Waals surface area contributed by atoms with Crippen LogP contribution in [0.3, 0.4) is 0 Å². The minimum Gasteiger partial charge on any atom is -0.299 e. The van der Waals surface area contributed by atoms with Crippen molar-refractivity contribution in [1.82, 2.24) is 4.90 Å². The molecule has 0 N–H and O–H groups in total. The smallest absolute Gasteiger partial charge is 0.299 e. The molecule has 0 aromatic carbocycles. The Bertz CT molecular complexity index is 333. The summed E-state index contributed by atoms with van der Waals surface area (Å²) in [5, 5.41) is 0. The fourth-order valence-corrected chi connectivity index (χ4v) is 2.95. The van der Waals surface area contributed by atoms with E-state index in [0.29, 0.717) is 18.9 Å². The molecule has 0 aliphatic heterocycles. The molecule has 0 bridgehead atoms. The van der Waals surface area contributed by atoms with E-state index in [2.05, 4.69) is 20.8 Å². The monoisotopic (exact) mass is 293 g/mol. The van der Waals surface area contributed by atoms with Crippen molar-refractivity contribution >= 4 is 5.78 Å². The summed E-state index contributed by atoms with van der Waals surface area (Å²) >= 11 is 0. The Hall–Kier alpha value is -0.580. The van der Waals surface area contributed by atoms with Crippen LogP contribution in [0.15, 0.2) is 0 Å². The van der Waals surface area contributed by atoms with E-state index in [0.717, 1.165) is 12.8 Å². The number of carbonyl (C=O) groups is 1. The molecule has 2 unspecified atom stereocenters. The van der Waals surface area contributed by atoms with Crippen molar-refractivity contribution in [2.75, 3.05) is 19.6 Å². The quantitative estimate of drug-likeness (QED) is 0.783. The zero-order valence-corrected chi connectivity index (χ0v) is 12.9. The maximum Gasteiger partial charge on any atom is 0.401 e. The van der Waals surface area contributed by atoms with Crippen molar-refractivity contribution < 1.29 is 18.0 Å². The molecule has 0 aromatic heterocycles. The molecule has 1 rings (SSSR count). The van der Waals surface area contributed by atoms with Gasteiger partial charge < -0.3 is 0 Å². The van der Waals surface area contributed by atoms with Crippen molar-refractivity contribution in [2.45, 2.75) is 53.1 Å². The maximum atomic E-state index is 12.5. The maximum absolute atomic E-state index is 12.5. The Balaban J connectivity index is 2.65. The zero-order chi connectivity index (χ0) is 15.6. The Labute approximate surface area is 119 Å². The minimum atomic E-state index is -4.20. The van der Waals surface area contributed by atoms with Crippen LogP contribution in [0, 0.1) is 17.3 Å². The summed E-state index contributed by atoms with van der Waals surface area (Å²) in [5.41, 5.74) is 0.111. The van der Waals surface area contributed by atoms with Gasteiger partial charge in [-0.25, -0.2) is 0 Å². The van der Waals surface area contributed by atoms with Gasteiger partial charge in [-0.05, 0) is 30.7 Å². The molecule has 0 saturated heterocycles. The fraction of sp³-hybridized carbons (Fsp3) is 0.933. The Kier molecular flexibility index (Phi) is 5.64. The van der Waals surface area contributed by atoms with Crippen LogP contribution in [0.4, 0.5) is 13.2 Å². The molecular weight excluding hydrogens is 267 g/mol. The predicted octanol–water partition coefficient (Wildman–Crippen LogP) is 3.90. The van der Waals surface area contributed by atoms with Gasteiger partial charge in [0.15, 0.2) is 0 Å². The summed E-state index contributed by atoms with van der Waals surface area (Å²) in [4.78, 5) is 13.3. The van der Waals surface area contributed by atoms with Crippen LogP contribution in [-0.4, -0.2) is 36.5 Å². The van der Waals surface area contributed by atoms with Crippen molar-refractivity contribution in [2.24, 2.45) is 17.3 Å². The highest BCUT2D eigenvalue weighted by molar-refractivity contribution is 5.82. The van der Waals surface area contributed by atoms with Gasteiger partial charge in [-0.3, -0.25) is 9.69 Å². The molecule has 0 radical (unpaired) electrons. The molecule has 0 aromatic rings. The first kappa shape index (κ1) is 17.5. The van der Waals surface area contributed by atoms with Crippen LogP contribution in [-0.2, 0) is 4.79 Å². The van der Waals surface area contributed by atoms with Crippen LogP contribution in [0.1, 0.15) is 47.0 Å². The molecule has 1 aliphatic carbocycles. The van der Waals surface area contributed by atoms with Gasteiger partial charge in [-0.15, -0.1) is 0 Å². The number of carbonyl (C=O) groups excluding carboxylic acids is 1. The molecule has 0 amide bonds. The molecular formula is C15H26F3NO. The highest BCUT2D eigenvalue weighted by Crippen LogP contribution is 2.39. The highest BCUT2D eigenvalue weighted by Gasteiger charge is 2.37. The van der Waals surface area contributed by atoms with Crippen LogP contribution < -0.4 is 0 Å². The van der Waals surface area contributed by atoms with Crippen molar-refractivity contribution in [3.63, 3.8) is 0 Å². The molecule has 1 aliphatic rings. The molecule has 0 spiro atoms. The molecule has 5 heteroatoms. The van der Waals surface area contributed by atoms with E-state index in [1.807, 2.05) is 0 Å². The second-order valence-corrected chi connectivity index (χ2v) is 6.94. The molecule has 1 saturated carbocycles. The SMILES string of the molecule is CCN(CC1CC(C(C)(C)C)CCC1=O)CC(F)(F)F. The summed E-state index contributed by atoms with van der Waals surface area (Å²) in [7, 11) is 0. The van der Waals surface area contributed by atoms with Crippen LogP contribution in [0.2, 0.25) is 0 Å².